The molecule has 0 aliphatic carbocycles. The van der Waals surface area contributed by atoms with Crippen molar-refractivity contribution in [2.75, 3.05) is 14.7 Å². The van der Waals surface area contributed by atoms with Gasteiger partial charge in [-0.3, -0.25) is 0 Å². The van der Waals surface area contributed by atoms with Crippen molar-refractivity contribution in [1.82, 2.24) is 0 Å². The first-order valence-electron chi connectivity index (χ1n) is 51.0. The fraction of sp³-hybridized carbons (Fsp3) is 0. The fourth-order valence-corrected chi connectivity index (χ4v) is 27.3. The average molecular weight is 1900 g/mol. The Morgan fingerprint density at radius 3 is 0.493 bits per heavy atom. The summed E-state index contributed by atoms with van der Waals surface area (Å²) >= 11 is 0. The summed E-state index contributed by atoms with van der Waals surface area (Å²) in [4.78, 5) is 7.08. The first kappa shape index (κ1) is 90.2. The predicted octanol–water partition coefficient (Wildman–Crippen LogP) is 37.2. The van der Waals surface area contributed by atoms with Crippen LogP contribution in [0, 0.1) is 0 Å². The molecule has 0 unspecified atom stereocenters. The van der Waals surface area contributed by atoms with E-state index in [1.54, 1.807) is 0 Å². The lowest BCUT2D eigenvalue weighted by Crippen LogP contribution is -2.74. The van der Waals surface area contributed by atoms with Gasteiger partial charge in [-0.2, -0.15) is 0 Å². The molecule has 0 amide bonds. The number of anilines is 9. The molecule has 4 heteroatoms. The number of para-hydroxylation sites is 6. The minimum atomic E-state index is -2.53. The second-order valence-electron chi connectivity index (χ2n) is 38.0. The topological polar surface area (TPSA) is 9.72 Å². The van der Waals surface area contributed by atoms with E-state index in [0.717, 1.165) is 67.9 Å². The number of fused-ring (bicyclic) bond motifs is 18. The van der Waals surface area contributed by atoms with Gasteiger partial charge in [0.05, 0.1) is 0 Å². The Morgan fingerprint density at radius 2 is 0.243 bits per heavy atom. The lowest BCUT2D eigenvalue weighted by Gasteiger charge is -2.34. The average Bonchev–Trinajstić information content (AvgIpc) is 0.743. The largest absolute Gasteiger partial charge is 0.310 e. The highest BCUT2D eigenvalue weighted by atomic mass is 28.3. The molecule has 696 valence electrons. The third-order valence-electron chi connectivity index (χ3n) is 29.3. The molecule has 148 heavy (non-hydrogen) atoms. The molecule has 0 atom stereocenters. The van der Waals surface area contributed by atoms with E-state index in [1.807, 2.05) is 0 Å². The predicted molar refractivity (Wildman–Crippen MR) is 637 cm³/mol. The smallest absolute Gasteiger partial charge is 0.179 e. The van der Waals surface area contributed by atoms with Crippen molar-refractivity contribution in [1.29, 1.82) is 0 Å². The summed E-state index contributed by atoms with van der Waals surface area (Å²) < 4.78 is 0. The van der Waals surface area contributed by atoms with Crippen LogP contribution in [-0.2, 0) is 0 Å². The van der Waals surface area contributed by atoms with Gasteiger partial charge in [-0.05, 0) is 330 Å². The van der Waals surface area contributed by atoms with E-state index in [9.17, 15) is 0 Å². The van der Waals surface area contributed by atoms with Crippen LogP contribution in [0.2, 0.25) is 0 Å². The Hall–Kier alpha value is -19.1. The van der Waals surface area contributed by atoms with Crippen LogP contribution in [0.5, 0.6) is 0 Å². The third-order valence-corrected chi connectivity index (χ3v) is 34.1. The van der Waals surface area contributed by atoms with E-state index >= 15 is 0 Å². The molecule has 0 fully saturated rings. The molecule has 27 aromatic rings. The van der Waals surface area contributed by atoms with E-state index in [2.05, 4.69) is 627 Å². The highest BCUT2D eigenvalue weighted by molar-refractivity contribution is 7.20. The molecule has 0 aliphatic rings. The first-order valence-corrected chi connectivity index (χ1v) is 53.0. The molecule has 0 heterocycles. The van der Waals surface area contributed by atoms with Crippen molar-refractivity contribution >= 4 is 177 Å². The zero-order valence-corrected chi connectivity index (χ0v) is 82.7. The first-order chi connectivity index (χ1) is 73.4. The van der Waals surface area contributed by atoms with Crippen LogP contribution in [0.1, 0.15) is 0 Å². The highest BCUT2D eigenvalue weighted by Crippen LogP contribution is 2.49. The molecule has 3 nitrogen and oxygen atoms in total. The summed E-state index contributed by atoms with van der Waals surface area (Å²) in [7, 11) is -2.53. The van der Waals surface area contributed by atoms with Gasteiger partial charge in [-0.25, -0.2) is 0 Å². The Labute approximate surface area is 864 Å². The van der Waals surface area contributed by atoms with Crippen LogP contribution in [0.3, 0.4) is 0 Å². The van der Waals surface area contributed by atoms with Crippen LogP contribution < -0.4 is 35.4 Å². The van der Waals surface area contributed by atoms with Crippen LogP contribution in [0.4, 0.5) is 51.2 Å². The maximum atomic E-state index is 2.40. The molecular formula is C144H101N3Si. The summed E-state index contributed by atoms with van der Waals surface area (Å²) in [5.74, 6) is 0. The summed E-state index contributed by atoms with van der Waals surface area (Å²) in [6.07, 6.45) is 0. The third kappa shape index (κ3) is 17.4. The van der Waals surface area contributed by atoms with Gasteiger partial charge < -0.3 is 14.7 Å². The molecule has 0 aliphatic heterocycles. The van der Waals surface area contributed by atoms with Gasteiger partial charge in [0.15, 0.2) is 8.07 Å². The molecule has 0 bridgehead atoms. The maximum absolute atomic E-state index is 2.53. The lowest BCUT2D eigenvalue weighted by atomic mass is 9.90. The second-order valence-corrected chi connectivity index (χ2v) is 41.8. The number of nitrogens with zero attached hydrogens (tertiary/aromatic N) is 3. The quantitative estimate of drug-likeness (QED) is 0.0454. The van der Waals surface area contributed by atoms with Crippen molar-refractivity contribution in [2.24, 2.45) is 0 Å². The number of hydrogen-bond donors (Lipinski definition) is 0. The number of benzene rings is 27. The Morgan fingerprint density at radius 1 is 0.0878 bits per heavy atom. The summed E-state index contributed by atoms with van der Waals surface area (Å²) in [5, 5.41) is 28.7. The Balaban J connectivity index is 0.000000116. The zero-order chi connectivity index (χ0) is 98.5. The normalized spacial score (nSPS) is 11.4. The number of hydrogen-bond acceptors (Lipinski definition) is 3. The molecule has 0 saturated heterocycles. The highest BCUT2D eigenvalue weighted by Gasteiger charge is 2.41. The summed E-state index contributed by atoms with van der Waals surface area (Å²) in [5.41, 5.74) is 24.1. The van der Waals surface area contributed by atoms with Crippen LogP contribution >= 0.6 is 0 Å². The van der Waals surface area contributed by atoms with E-state index < -0.39 is 8.07 Å². The van der Waals surface area contributed by atoms with E-state index in [4.69, 9.17) is 0 Å². The van der Waals surface area contributed by atoms with Gasteiger partial charge in [-0.1, -0.05) is 467 Å². The molecule has 0 saturated carbocycles. The van der Waals surface area contributed by atoms with Crippen molar-refractivity contribution in [3.05, 3.63) is 613 Å². The Kier molecular flexibility index (Phi) is 24.6. The molecular weight excluding hydrogens is 1800 g/mol. The van der Waals surface area contributed by atoms with Crippen molar-refractivity contribution in [2.45, 2.75) is 0 Å². The van der Waals surface area contributed by atoms with E-state index in [0.29, 0.717) is 0 Å². The van der Waals surface area contributed by atoms with Gasteiger partial charge >= 0.3 is 0 Å². The van der Waals surface area contributed by atoms with Gasteiger partial charge in [0, 0.05) is 51.2 Å². The van der Waals surface area contributed by atoms with Gasteiger partial charge in [0.2, 0.25) is 0 Å². The minimum absolute atomic E-state index is 1.08. The standard InChI is InChI=1S/C54H37N.C48H34N2.C42H30Si/c1-5-17-38(18-6-1)41-31-42(39-19-7-2-8-20-39)33-43(32-41)45-34-44(35-48(36-45)55(46-21-9-3-10-22-46)47-23-11-4-12-24-47)40-29-30-53-51-27-14-13-25-49(51)50-26-15-16-28-52(50)54(53)37-40;1-5-17-37(18-6-1)49(38-19-7-2-8-20-38)41-31-36(32-42(34-41)50(39-21-9-3-10-22-39)40-23-11-4-12-24-40)35-29-30-47-45-27-14-13-25-43(45)44-26-15-16-28-46(44)48(47)33-35;1-4-14-33(15-5-1)43(34-16-6-2-7-17-34,35-18-8-3-9-19-35)36-27-24-31(25-28-36)32-26-29-41-39-22-11-10-20-37(39)38-21-12-13-23-40(38)42(41)30-32/h1-37H;1-34H;1-30H. The molecule has 0 spiro atoms. The van der Waals surface area contributed by atoms with E-state index in [-0.39, 0.29) is 0 Å². The van der Waals surface area contributed by atoms with Crippen LogP contribution in [0.25, 0.3) is 164 Å². The van der Waals surface area contributed by atoms with Gasteiger partial charge in [0.25, 0.3) is 0 Å². The van der Waals surface area contributed by atoms with Crippen molar-refractivity contribution < 1.29 is 0 Å². The number of rotatable bonds is 19. The minimum Gasteiger partial charge on any atom is -0.310 e. The fourth-order valence-electron chi connectivity index (χ4n) is 22.5. The molecule has 0 N–H and O–H groups in total. The second kappa shape index (κ2) is 40.4. The maximum Gasteiger partial charge on any atom is 0.179 e. The monoisotopic (exact) mass is 1900 g/mol. The van der Waals surface area contributed by atoms with E-state index in [1.165, 1.54) is 168 Å². The molecule has 27 aromatic carbocycles. The molecule has 0 radical (unpaired) electrons. The van der Waals surface area contributed by atoms with Crippen molar-refractivity contribution in [3.8, 4) is 66.8 Å². The SMILES string of the molecule is c1ccc(-c2cc(-c3ccccc3)cc(-c3cc(-c4ccc5c6ccccc6c6ccccc6c5c4)cc(N(c4ccccc4)c4ccccc4)c3)c2)cc1.c1ccc(N(c2ccccc2)c2cc(-c3ccc4c5ccccc5c5ccccc5c4c3)cc(N(c3ccccc3)c3ccccc3)c2)cc1.c1ccc([Si](c2ccccc2)(c2ccccc2)c2ccc(-c3ccc4c5ccccc5c5ccccc5c4c3)cc2)cc1. The zero-order valence-electron chi connectivity index (χ0n) is 81.7. The molecule has 0 aromatic heterocycles. The van der Waals surface area contributed by atoms with Gasteiger partial charge in [-0.15, -0.1) is 0 Å². The van der Waals surface area contributed by atoms with Crippen LogP contribution in [-0.4, -0.2) is 8.07 Å². The molecule has 27 rings (SSSR count). The van der Waals surface area contributed by atoms with Crippen molar-refractivity contribution in [3.63, 3.8) is 0 Å². The lowest BCUT2D eigenvalue weighted by molar-refractivity contribution is 1.25. The van der Waals surface area contributed by atoms with Gasteiger partial charge in [0.1, 0.15) is 0 Å². The summed E-state index contributed by atoms with van der Waals surface area (Å²) in [6.45, 7) is 0. The Bertz CT molecular complexity index is 9000. The van der Waals surface area contributed by atoms with Crippen LogP contribution in [0.15, 0.2) is 613 Å². The summed E-state index contributed by atoms with van der Waals surface area (Å²) in [6, 6.07) is 223.